The third kappa shape index (κ3) is 9.27. The van der Waals surface area contributed by atoms with Crippen LogP contribution in [-0.4, -0.2) is 12.9 Å². The predicted molar refractivity (Wildman–Crippen MR) is 298 cm³/mol. The van der Waals surface area contributed by atoms with Crippen molar-refractivity contribution in [2.75, 3.05) is 7.11 Å². The highest BCUT2D eigenvalue weighted by Crippen LogP contribution is 2.56. The Bertz CT molecular complexity index is 3500. The second-order valence-electron chi connectivity index (χ2n) is 17.9. The van der Waals surface area contributed by atoms with Gasteiger partial charge in [0, 0.05) is 11.1 Å². The standard InChI is InChI=1S/C69H50O3/c1-47-23-25-48(26-24-47)49-27-31-56(32-28-49)67-63(52-15-7-3-8-16-52)65(54-19-11-5-12-20-54)68(66(55-21-13-6-14-22-55)64(67)53-17-9-4-10-18-53)57-33-29-50(30-34-57)51-35-43-61(44-36-51)72-62-45-39-59(40-46-62)69(70)58-37-41-60(71-2)42-38-58/h3-46H,1-2H3. The molecule has 3 nitrogen and oxygen atoms in total. The molecule has 11 rings (SSSR count). The first kappa shape index (κ1) is 45.2. The molecule has 0 aliphatic rings. The highest BCUT2D eigenvalue weighted by atomic mass is 16.5. The molecule has 11 aromatic rings. The highest BCUT2D eigenvalue weighted by molar-refractivity contribution is 6.15. The van der Waals surface area contributed by atoms with Crippen LogP contribution in [-0.2, 0) is 0 Å². The van der Waals surface area contributed by atoms with Crippen molar-refractivity contribution in [1.82, 2.24) is 0 Å². The van der Waals surface area contributed by atoms with E-state index in [9.17, 15) is 4.79 Å². The van der Waals surface area contributed by atoms with Crippen LogP contribution in [0.15, 0.2) is 267 Å². The molecule has 0 N–H and O–H groups in total. The van der Waals surface area contributed by atoms with Crippen LogP contribution in [0, 0.1) is 6.92 Å². The van der Waals surface area contributed by atoms with Crippen LogP contribution >= 0.6 is 0 Å². The molecular weight excluding hydrogens is 877 g/mol. The van der Waals surface area contributed by atoms with Crippen LogP contribution in [0.25, 0.3) is 89.0 Å². The van der Waals surface area contributed by atoms with Crippen LogP contribution in [0.2, 0.25) is 0 Å². The SMILES string of the molecule is COc1ccc(C(=O)c2ccc(Oc3ccc(-c4ccc(-c5c(-c6ccccc6)c(-c6ccccc6)c(-c6ccc(-c7ccc(C)cc7)cc6)c(-c6ccccc6)c5-c5ccccc5)cc4)cc3)cc2)cc1. The van der Waals surface area contributed by atoms with E-state index in [4.69, 9.17) is 9.47 Å². The van der Waals surface area contributed by atoms with E-state index < -0.39 is 0 Å². The number of rotatable bonds is 13. The summed E-state index contributed by atoms with van der Waals surface area (Å²) in [6.07, 6.45) is 0. The molecule has 3 heteroatoms. The first-order valence-corrected chi connectivity index (χ1v) is 24.3. The number of methoxy groups -OCH3 is 1. The second-order valence-corrected chi connectivity index (χ2v) is 17.9. The van der Waals surface area contributed by atoms with Crippen molar-refractivity contribution in [2.45, 2.75) is 6.92 Å². The number of hydrogen-bond acceptors (Lipinski definition) is 3. The van der Waals surface area contributed by atoms with E-state index >= 15 is 0 Å². The van der Waals surface area contributed by atoms with E-state index in [0.717, 1.165) is 50.1 Å². The Labute approximate surface area is 421 Å². The third-order valence-corrected chi connectivity index (χ3v) is 13.4. The zero-order valence-corrected chi connectivity index (χ0v) is 40.1. The van der Waals surface area contributed by atoms with Crippen molar-refractivity contribution < 1.29 is 14.3 Å². The number of ketones is 1. The zero-order chi connectivity index (χ0) is 48.8. The molecule has 0 spiro atoms. The molecule has 0 atom stereocenters. The summed E-state index contributed by atoms with van der Waals surface area (Å²) in [5, 5.41) is 0. The summed E-state index contributed by atoms with van der Waals surface area (Å²) < 4.78 is 11.5. The lowest BCUT2D eigenvalue weighted by atomic mass is 9.74. The second kappa shape index (κ2) is 20.3. The molecule has 0 saturated carbocycles. The average Bonchev–Trinajstić information content (AvgIpc) is 3.46. The molecule has 11 aromatic carbocycles. The molecule has 0 fully saturated rings. The summed E-state index contributed by atoms with van der Waals surface area (Å²) in [6.45, 7) is 2.13. The summed E-state index contributed by atoms with van der Waals surface area (Å²) >= 11 is 0. The van der Waals surface area contributed by atoms with Crippen molar-refractivity contribution in [2.24, 2.45) is 0 Å². The Morgan fingerprint density at radius 3 is 0.806 bits per heavy atom. The van der Waals surface area contributed by atoms with Crippen molar-refractivity contribution >= 4 is 5.78 Å². The molecule has 0 heterocycles. The van der Waals surface area contributed by atoms with Gasteiger partial charge in [-0.25, -0.2) is 0 Å². The predicted octanol–water partition coefficient (Wildman–Crippen LogP) is 18.4. The summed E-state index contributed by atoms with van der Waals surface area (Å²) in [5.41, 5.74) is 20.8. The highest BCUT2D eigenvalue weighted by Gasteiger charge is 2.29. The normalized spacial score (nSPS) is 11.0. The molecule has 344 valence electrons. The fourth-order valence-electron chi connectivity index (χ4n) is 9.74. The van der Waals surface area contributed by atoms with Crippen molar-refractivity contribution in [1.29, 1.82) is 0 Å². The van der Waals surface area contributed by atoms with Gasteiger partial charge in [0.2, 0.25) is 0 Å². The van der Waals surface area contributed by atoms with Gasteiger partial charge in [0.05, 0.1) is 7.11 Å². The summed E-state index contributed by atoms with van der Waals surface area (Å²) in [7, 11) is 1.61. The number of carbonyl (C=O) groups is 1. The van der Waals surface area contributed by atoms with Crippen LogP contribution < -0.4 is 9.47 Å². The third-order valence-electron chi connectivity index (χ3n) is 13.4. The molecule has 0 bridgehead atoms. The van der Waals surface area contributed by atoms with E-state index in [2.05, 4.69) is 213 Å². The minimum atomic E-state index is -0.0579. The molecule has 0 saturated heterocycles. The summed E-state index contributed by atoms with van der Waals surface area (Å²) in [6, 6.07) is 93.1. The van der Waals surface area contributed by atoms with E-state index in [1.165, 1.54) is 44.5 Å². The van der Waals surface area contributed by atoms with E-state index in [-0.39, 0.29) is 5.78 Å². The van der Waals surface area contributed by atoms with Crippen LogP contribution in [0.3, 0.4) is 0 Å². The number of benzene rings is 11. The zero-order valence-electron chi connectivity index (χ0n) is 40.1. The maximum Gasteiger partial charge on any atom is 0.193 e. The minimum absolute atomic E-state index is 0.0579. The molecule has 0 aliphatic heterocycles. The van der Waals surface area contributed by atoms with Crippen LogP contribution in [0.4, 0.5) is 0 Å². The van der Waals surface area contributed by atoms with E-state index in [0.29, 0.717) is 28.4 Å². The van der Waals surface area contributed by atoms with Gasteiger partial charge in [-0.3, -0.25) is 4.79 Å². The average molecular weight is 927 g/mol. The van der Waals surface area contributed by atoms with Gasteiger partial charge in [-0.1, -0.05) is 212 Å². The Morgan fingerprint density at radius 2 is 0.500 bits per heavy atom. The summed E-state index contributed by atoms with van der Waals surface area (Å²) in [4.78, 5) is 13.1. The molecule has 0 radical (unpaired) electrons. The molecule has 0 aliphatic carbocycles. The lowest BCUT2D eigenvalue weighted by Crippen LogP contribution is -2.02. The fraction of sp³-hybridized carbons (Fsp3) is 0.0290. The lowest BCUT2D eigenvalue weighted by Gasteiger charge is -2.29. The van der Waals surface area contributed by atoms with E-state index in [1.807, 2.05) is 24.3 Å². The topological polar surface area (TPSA) is 35.5 Å². The van der Waals surface area contributed by atoms with Gasteiger partial charge in [0.1, 0.15) is 17.2 Å². The Balaban J connectivity index is 1.04. The largest absolute Gasteiger partial charge is 0.497 e. The Morgan fingerprint density at radius 1 is 0.264 bits per heavy atom. The van der Waals surface area contributed by atoms with Gasteiger partial charge < -0.3 is 9.47 Å². The first-order chi connectivity index (χ1) is 35.5. The van der Waals surface area contributed by atoms with Gasteiger partial charge >= 0.3 is 0 Å². The number of hydrogen-bond donors (Lipinski definition) is 0. The maximum atomic E-state index is 13.1. The number of aryl methyl sites for hydroxylation is 1. The number of carbonyl (C=O) groups excluding carboxylic acids is 1. The maximum absolute atomic E-state index is 13.1. The number of ether oxygens (including phenoxy) is 2. The van der Waals surface area contributed by atoms with Gasteiger partial charge in [0.25, 0.3) is 0 Å². The molecule has 0 unspecified atom stereocenters. The molecule has 72 heavy (non-hydrogen) atoms. The Hall–Kier alpha value is -9.31. The molecule has 0 aromatic heterocycles. The summed E-state index contributed by atoms with van der Waals surface area (Å²) in [5.74, 6) is 2.01. The fourth-order valence-corrected chi connectivity index (χ4v) is 9.74. The van der Waals surface area contributed by atoms with Crippen molar-refractivity contribution in [3.8, 4) is 106 Å². The van der Waals surface area contributed by atoms with Gasteiger partial charge in [0.15, 0.2) is 5.78 Å². The van der Waals surface area contributed by atoms with Gasteiger partial charge in [-0.15, -0.1) is 0 Å². The quantitative estimate of drug-likeness (QED) is 0.108. The van der Waals surface area contributed by atoms with E-state index in [1.54, 1.807) is 43.5 Å². The monoisotopic (exact) mass is 926 g/mol. The smallest absolute Gasteiger partial charge is 0.193 e. The Kier molecular flexibility index (Phi) is 12.8. The van der Waals surface area contributed by atoms with Crippen molar-refractivity contribution in [3.05, 3.63) is 284 Å². The molecule has 0 amide bonds. The van der Waals surface area contributed by atoms with Gasteiger partial charge in [-0.05, 0) is 157 Å². The minimum Gasteiger partial charge on any atom is -0.497 e. The molecular formula is C69H50O3. The first-order valence-electron chi connectivity index (χ1n) is 24.3. The lowest BCUT2D eigenvalue weighted by molar-refractivity contribution is 0.103. The van der Waals surface area contributed by atoms with Crippen LogP contribution in [0.1, 0.15) is 21.5 Å². The van der Waals surface area contributed by atoms with Crippen molar-refractivity contribution in [3.63, 3.8) is 0 Å². The van der Waals surface area contributed by atoms with Gasteiger partial charge in [-0.2, -0.15) is 0 Å². The van der Waals surface area contributed by atoms with Crippen LogP contribution in [0.5, 0.6) is 17.2 Å².